The van der Waals surface area contributed by atoms with Gasteiger partial charge in [-0.1, -0.05) is 74.5 Å². The van der Waals surface area contributed by atoms with Crippen molar-refractivity contribution in [3.8, 4) is 11.5 Å². The first-order chi connectivity index (χ1) is 15.3. The molecule has 2 N–H and O–H groups in total. The predicted molar refractivity (Wildman–Crippen MR) is 146 cm³/mol. The smallest absolute Gasteiger partial charge is 0.121 e. The summed E-state index contributed by atoms with van der Waals surface area (Å²) < 4.78 is 1.93. The molecule has 0 saturated heterocycles. The SMILES string of the molecule is C=C(/C=C/C=C/C=C1/N(C)c2c(Br)ccc(O)c2C1(C)C)C(C)(C)c1c(O)ccc(Br)c1C. The van der Waals surface area contributed by atoms with Crippen LogP contribution in [0.15, 0.2) is 81.4 Å². The van der Waals surface area contributed by atoms with Crippen LogP contribution in [0.25, 0.3) is 0 Å². The van der Waals surface area contributed by atoms with Crippen LogP contribution in [0.1, 0.15) is 44.4 Å². The maximum Gasteiger partial charge on any atom is 0.121 e. The Labute approximate surface area is 214 Å². The molecular formula is C28H31Br2NO2. The zero-order valence-electron chi connectivity index (χ0n) is 20.0. The number of hydrogen-bond donors (Lipinski definition) is 2. The lowest BCUT2D eigenvalue weighted by molar-refractivity contribution is 0.451. The zero-order chi connectivity index (χ0) is 24.7. The number of anilines is 1. The highest BCUT2D eigenvalue weighted by Gasteiger charge is 2.41. The number of phenols is 2. The van der Waals surface area contributed by atoms with Crippen LogP contribution in [0.2, 0.25) is 0 Å². The summed E-state index contributed by atoms with van der Waals surface area (Å²) in [5.41, 5.74) is 5.04. The summed E-state index contributed by atoms with van der Waals surface area (Å²) in [7, 11) is 2.02. The molecule has 1 heterocycles. The van der Waals surface area contributed by atoms with Crippen LogP contribution >= 0.6 is 31.9 Å². The number of halogens is 2. The van der Waals surface area contributed by atoms with E-state index >= 15 is 0 Å². The number of likely N-dealkylation sites (N-methyl/N-ethyl adjacent to an activating group) is 1. The van der Waals surface area contributed by atoms with Crippen LogP contribution < -0.4 is 4.90 Å². The average molecular weight is 573 g/mol. The number of hydrogen-bond acceptors (Lipinski definition) is 3. The largest absolute Gasteiger partial charge is 0.508 e. The van der Waals surface area contributed by atoms with Gasteiger partial charge in [0.1, 0.15) is 11.5 Å². The molecule has 0 radical (unpaired) electrons. The van der Waals surface area contributed by atoms with Crippen LogP contribution in [0.3, 0.4) is 0 Å². The van der Waals surface area contributed by atoms with E-state index in [-0.39, 0.29) is 11.2 Å². The number of fused-ring (bicyclic) bond motifs is 1. The molecule has 0 amide bonds. The van der Waals surface area contributed by atoms with Gasteiger partial charge in [-0.25, -0.2) is 0 Å². The Morgan fingerprint density at radius 3 is 2.24 bits per heavy atom. The van der Waals surface area contributed by atoms with Crippen LogP contribution in [-0.2, 0) is 10.8 Å². The van der Waals surface area contributed by atoms with Crippen LogP contribution in [-0.4, -0.2) is 17.3 Å². The number of nitrogens with zero attached hydrogens (tertiary/aromatic N) is 1. The van der Waals surface area contributed by atoms with Gasteiger partial charge < -0.3 is 15.1 Å². The van der Waals surface area contributed by atoms with Crippen molar-refractivity contribution in [2.24, 2.45) is 0 Å². The third-order valence-corrected chi connectivity index (χ3v) is 8.15. The fraction of sp³-hybridized carbons (Fsp3) is 0.286. The molecule has 2 aromatic rings. The van der Waals surface area contributed by atoms with Gasteiger partial charge >= 0.3 is 0 Å². The number of phenolic OH excluding ortho intramolecular Hbond substituents is 2. The molecule has 0 spiro atoms. The van der Waals surface area contributed by atoms with E-state index < -0.39 is 5.41 Å². The fourth-order valence-electron chi connectivity index (χ4n) is 4.70. The Bertz CT molecular complexity index is 1200. The van der Waals surface area contributed by atoms with Crippen molar-refractivity contribution in [2.45, 2.75) is 45.4 Å². The van der Waals surface area contributed by atoms with Crippen LogP contribution in [0.5, 0.6) is 11.5 Å². The average Bonchev–Trinajstić information content (AvgIpc) is 2.94. The summed E-state index contributed by atoms with van der Waals surface area (Å²) in [5, 5.41) is 21.0. The lowest BCUT2D eigenvalue weighted by atomic mass is 9.75. The summed E-state index contributed by atoms with van der Waals surface area (Å²) in [5.74, 6) is 0.581. The number of allylic oxidation sites excluding steroid dienone is 7. The quantitative estimate of drug-likeness (QED) is 0.355. The van der Waals surface area contributed by atoms with E-state index in [9.17, 15) is 10.2 Å². The minimum Gasteiger partial charge on any atom is -0.508 e. The molecule has 5 heteroatoms. The second kappa shape index (κ2) is 9.19. The molecule has 0 fully saturated rings. The maximum absolute atomic E-state index is 10.5. The van der Waals surface area contributed by atoms with Crippen molar-refractivity contribution >= 4 is 37.5 Å². The minimum absolute atomic E-state index is 0.274. The summed E-state index contributed by atoms with van der Waals surface area (Å²) >= 11 is 7.18. The maximum atomic E-state index is 10.5. The van der Waals surface area contributed by atoms with Crippen LogP contribution in [0.4, 0.5) is 5.69 Å². The second-order valence-electron chi connectivity index (χ2n) is 9.49. The lowest BCUT2D eigenvalue weighted by Gasteiger charge is -2.29. The van der Waals surface area contributed by atoms with Gasteiger partial charge in [0.2, 0.25) is 0 Å². The standard InChI is InChI=1S/C28H31Br2NO2/c1-17(27(3,4)24-18(2)19(29)13-15-21(24)32)11-9-8-10-12-23-28(5,6)25-22(33)16-14-20(30)26(25)31(23)7/h8-16,32-33H,1H2,2-7H3/b10-8+,11-9+,23-12+. The molecule has 174 valence electrons. The van der Waals surface area contributed by atoms with Gasteiger partial charge in [0, 0.05) is 43.6 Å². The van der Waals surface area contributed by atoms with Gasteiger partial charge in [0.25, 0.3) is 0 Å². The highest BCUT2D eigenvalue weighted by Crippen LogP contribution is 2.53. The summed E-state index contributed by atoms with van der Waals surface area (Å²) in [6.07, 6.45) is 10.0. The summed E-state index contributed by atoms with van der Waals surface area (Å²) in [6, 6.07) is 7.18. The van der Waals surface area contributed by atoms with Gasteiger partial charge in [0.15, 0.2) is 0 Å². The molecule has 0 unspecified atom stereocenters. The topological polar surface area (TPSA) is 43.7 Å². The number of aromatic hydroxyl groups is 2. The first kappa shape index (κ1) is 25.4. The van der Waals surface area contributed by atoms with Crippen LogP contribution in [0, 0.1) is 6.92 Å². The van der Waals surface area contributed by atoms with Crippen molar-refractivity contribution in [2.75, 3.05) is 11.9 Å². The Morgan fingerprint density at radius 2 is 1.61 bits per heavy atom. The zero-order valence-corrected chi connectivity index (χ0v) is 23.2. The van der Waals surface area contributed by atoms with Crippen molar-refractivity contribution in [1.82, 2.24) is 0 Å². The minimum atomic E-state index is -0.431. The van der Waals surface area contributed by atoms with E-state index in [2.05, 4.69) is 77.1 Å². The monoisotopic (exact) mass is 571 g/mol. The second-order valence-corrected chi connectivity index (χ2v) is 11.2. The van der Waals surface area contributed by atoms with Gasteiger partial charge in [-0.3, -0.25) is 0 Å². The third-order valence-electron chi connectivity index (χ3n) is 6.65. The van der Waals surface area contributed by atoms with E-state index in [0.29, 0.717) is 5.75 Å². The van der Waals surface area contributed by atoms with E-state index in [1.54, 1.807) is 12.1 Å². The highest BCUT2D eigenvalue weighted by molar-refractivity contribution is 9.11. The molecule has 0 bridgehead atoms. The van der Waals surface area contributed by atoms with Gasteiger partial charge in [-0.2, -0.15) is 0 Å². The molecule has 0 aliphatic carbocycles. The van der Waals surface area contributed by atoms with E-state index in [1.807, 2.05) is 50.4 Å². The molecule has 3 nitrogen and oxygen atoms in total. The first-order valence-corrected chi connectivity index (χ1v) is 12.4. The van der Waals surface area contributed by atoms with Crippen molar-refractivity contribution < 1.29 is 10.2 Å². The first-order valence-electron chi connectivity index (χ1n) is 10.8. The molecule has 33 heavy (non-hydrogen) atoms. The van der Waals surface area contributed by atoms with E-state index in [0.717, 1.165) is 42.6 Å². The molecule has 0 atom stereocenters. The molecule has 1 aliphatic heterocycles. The van der Waals surface area contributed by atoms with Gasteiger partial charge in [0.05, 0.1) is 5.69 Å². The van der Waals surface area contributed by atoms with Crippen molar-refractivity contribution in [1.29, 1.82) is 0 Å². The van der Waals surface area contributed by atoms with Gasteiger partial charge in [-0.05, 0) is 64.3 Å². The predicted octanol–water partition coefficient (Wildman–Crippen LogP) is 8.19. The van der Waals surface area contributed by atoms with E-state index in [4.69, 9.17) is 0 Å². The number of benzene rings is 2. The highest BCUT2D eigenvalue weighted by atomic mass is 79.9. The fourth-order valence-corrected chi connectivity index (χ4v) is 5.63. The van der Waals surface area contributed by atoms with Crippen molar-refractivity contribution in [3.05, 3.63) is 98.1 Å². The number of rotatable bonds is 5. The molecule has 3 rings (SSSR count). The summed E-state index contributed by atoms with van der Waals surface area (Å²) in [4.78, 5) is 2.12. The Hall–Kier alpha value is -2.24. The molecule has 1 aliphatic rings. The van der Waals surface area contributed by atoms with Crippen molar-refractivity contribution in [3.63, 3.8) is 0 Å². The lowest BCUT2D eigenvalue weighted by Crippen LogP contribution is -2.22. The normalized spacial score (nSPS) is 16.8. The molecule has 0 aromatic heterocycles. The van der Waals surface area contributed by atoms with Gasteiger partial charge in [-0.15, -0.1) is 0 Å². The summed E-state index contributed by atoms with van der Waals surface area (Å²) in [6.45, 7) is 14.6. The Balaban J connectivity index is 1.83. The molecule has 0 saturated carbocycles. The Kier molecular flexibility index (Phi) is 7.07. The molecule has 2 aromatic carbocycles. The molecular weight excluding hydrogens is 542 g/mol. The Morgan fingerprint density at radius 1 is 1.00 bits per heavy atom. The van der Waals surface area contributed by atoms with E-state index in [1.165, 1.54) is 0 Å². The third kappa shape index (κ3) is 4.45.